The van der Waals surface area contributed by atoms with Crippen molar-refractivity contribution in [2.24, 2.45) is 0 Å². The first kappa shape index (κ1) is 14.2. The van der Waals surface area contributed by atoms with Crippen LogP contribution in [0.25, 0.3) is 0 Å². The fourth-order valence-electron chi connectivity index (χ4n) is 1.86. The van der Waals surface area contributed by atoms with Crippen molar-refractivity contribution in [2.45, 2.75) is 34.1 Å². The number of Topliss-reactive ketones (excluding diaryl/α,β-unsaturated/α-hetero) is 1. The molecule has 1 amide bonds. The summed E-state index contributed by atoms with van der Waals surface area (Å²) < 4.78 is 5.26. The minimum absolute atomic E-state index is 0.0933. The lowest BCUT2D eigenvalue weighted by Crippen LogP contribution is -2.16. The van der Waals surface area contributed by atoms with Crippen LogP contribution in [0.4, 0.5) is 5.69 Å². The second kappa shape index (κ2) is 5.67. The highest BCUT2D eigenvalue weighted by atomic mass is 16.5. The van der Waals surface area contributed by atoms with Crippen LogP contribution >= 0.6 is 0 Å². The van der Waals surface area contributed by atoms with Crippen molar-refractivity contribution in [2.75, 3.05) is 12.4 Å². The van der Waals surface area contributed by atoms with Crippen LogP contribution in [0.15, 0.2) is 6.07 Å². The smallest absolute Gasteiger partial charge is 0.231 e. The Kier molecular flexibility index (Phi) is 4.48. The van der Waals surface area contributed by atoms with Gasteiger partial charge < -0.3 is 10.1 Å². The molecule has 0 spiro atoms. The first-order chi connectivity index (χ1) is 8.36. The van der Waals surface area contributed by atoms with E-state index in [0.717, 1.165) is 28.1 Å². The molecule has 4 heteroatoms. The third-order valence-corrected chi connectivity index (χ3v) is 2.94. The number of nitrogens with one attached hydrogen (secondary N) is 1. The number of amides is 1. The van der Waals surface area contributed by atoms with E-state index in [1.54, 1.807) is 7.11 Å². The van der Waals surface area contributed by atoms with Gasteiger partial charge in [-0.25, -0.2) is 0 Å². The maximum atomic E-state index is 11.6. The molecule has 0 saturated heterocycles. The number of hydrogen-bond donors (Lipinski definition) is 1. The average Bonchev–Trinajstić information content (AvgIpc) is 2.28. The number of benzene rings is 1. The molecular weight excluding hydrogens is 230 g/mol. The van der Waals surface area contributed by atoms with Crippen LogP contribution in [0.3, 0.4) is 0 Å². The van der Waals surface area contributed by atoms with Crippen LogP contribution in [0, 0.1) is 20.8 Å². The Morgan fingerprint density at radius 1 is 1.22 bits per heavy atom. The number of rotatable bonds is 4. The molecule has 1 N–H and O–H groups in total. The third-order valence-electron chi connectivity index (χ3n) is 2.94. The van der Waals surface area contributed by atoms with Gasteiger partial charge in [-0.05, 0) is 50.5 Å². The van der Waals surface area contributed by atoms with Crippen molar-refractivity contribution in [1.29, 1.82) is 0 Å². The topological polar surface area (TPSA) is 55.4 Å². The molecule has 0 aromatic heterocycles. The molecule has 0 aliphatic carbocycles. The van der Waals surface area contributed by atoms with Crippen LogP contribution in [-0.2, 0) is 9.59 Å². The molecule has 0 radical (unpaired) electrons. The molecule has 0 aliphatic rings. The van der Waals surface area contributed by atoms with E-state index >= 15 is 0 Å². The van der Waals surface area contributed by atoms with E-state index in [4.69, 9.17) is 4.74 Å². The maximum Gasteiger partial charge on any atom is 0.231 e. The summed E-state index contributed by atoms with van der Waals surface area (Å²) >= 11 is 0. The first-order valence-corrected chi connectivity index (χ1v) is 5.81. The zero-order valence-electron chi connectivity index (χ0n) is 11.5. The molecule has 1 rings (SSSR count). The van der Waals surface area contributed by atoms with Gasteiger partial charge in [-0.3, -0.25) is 9.59 Å². The van der Waals surface area contributed by atoms with Gasteiger partial charge in [0.15, 0.2) is 0 Å². The lowest BCUT2D eigenvalue weighted by molar-refractivity contribution is -0.124. The van der Waals surface area contributed by atoms with Gasteiger partial charge >= 0.3 is 0 Å². The molecule has 98 valence electrons. The zero-order chi connectivity index (χ0) is 13.9. The summed E-state index contributed by atoms with van der Waals surface area (Å²) in [5.74, 6) is 0.376. The van der Waals surface area contributed by atoms with Gasteiger partial charge in [-0.15, -0.1) is 0 Å². The number of ether oxygens (including phenoxy) is 1. The number of carbonyl (C=O) groups is 2. The van der Waals surface area contributed by atoms with Gasteiger partial charge in [0.05, 0.1) is 13.5 Å². The summed E-state index contributed by atoms with van der Waals surface area (Å²) in [5, 5.41) is 2.79. The molecule has 1 aromatic rings. The molecule has 1 aromatic carbocycles. The van der Waals surface area contributed by atoms with Crippen molar-refractivity contribution >= 4 is 17.4 Å². The van der Waals surface area contributed by atoms with Gasteiger partial charge in [0.2, 0.25) is 5.91 Å². The van der Waals surface area contributed by atoms with Crippen molar-refractivity contribution < 1.29 is 14.3 Å². The maximum absolute atomic E-state index is 11.6. The zero-order valence-corrected chi connectivity index (χ0v) is 11.5. The van der Waals surface area contributed by atoms with E-state index < -0.39 is 0 Å². The highest BCUT2D eigenvalue weighted by Crippen LogP contribution is 2.31. The van der Waals surface area contributed by atoms with Crippen LogP contribution in [0.5, 0.6) is 5.75 Å². The molecular formula is C14H19NO3. The van der Waals surface area contributed by atoms with Crippen molar-refractivity contribution in [1.82, 2.24) is 0 Å². The molecule has 0 atom stereocenters. The molecule has 4 nitrogen and oxygen atoms in total. The van der Waals surface area contributed by atoms with Gasteiger partial charge in [0.25, 0.3) is 0 Å². The molecule has 0 saturated carbocycles. The summed E-state index contributed by atoms with van der Waals surface area (Å²) in [6.07, 6.45) is -0.0933. The molecule has 18 heavy (non-hydrogen) atoms. The summed E-state index contributed by atoms with van der Waals surface area (Å²) in [7, 11) is 1.62. The van der Waals surface area contributed by atoms with Crippen LogP contribution in [-0.4, -0.2) is 18.8 Å². The summed E-state index contributed by atoms with van der Waals surface area (Å²) in [5.41, 5.74) is 3.64. The Bertz CT molecular complexity index is 492. The normalized spacial score (nSPS) is 10.1. The van der Waals surface area contributed by atoms with E-state index in [1.807, 2.05) is 26.8 Å². The van der Waals surface area contributed by atoms with Gasteiger partial charge in [0.1, 0.15) is 11.5 Å². The number of methoxy groups -OCH3 is 1. The van der Waals surface area contributed by atoms with E-state index in [9.17, 15) is 9.59 Å². The quantitative estimate of drug-likeness (QED) is 0.834. The SMILES string of the molecule is COc1cc(C)c(NC(=O)CC(C)=O)c(C)c1C. The average molecular weight is 249 g/mol. The standard InChI is InChI=1S/C14H19NO3/c1-8-6-12(18-5)10(3)11(4)14(8)15-13(17)7-9(2)16/h6H,7H2,1-5H3,(H,15,17). The minimum Gasteiger partial charge on any atom is -0.496 e. The molecule has 0 fully saturated rings. The fourth-order valence-corrected chi connectivity index (χ4v) is 1.86. The summed E-state index contributed by atoms with van der Waals surface area (Å²) in [6, 6.07) is 1.88. The van der Waals surface area contributed by atoms with E-state index in [1.165, 1.54) is 6.92 Å². The van der Waals surface area contributed by atoms with Crippen molar-refractivity contribution in [3.05, 3.63) is 22.8 Å². The number of anilines is 1. The predicted octanol–water partition coefficient (Wildman–Crippen LogP) is 2.54. The van der Waals surface area contributed by atoms with Crippen LogP contribution in [0.2, 0.25) is 0 Å². The Morgan fingerprint density at radius 3 is 2.33 bits per heavy atom. The number of aryl methyl sites for hydroxylation is 1. The van der Waals surface area contributed by atoms with Crippen LogP contribution in [0.1, 0.15) is 30.0 Å². The van der Waals surface area contributed by atoms with Gasteiger partial charge in [-0.1, -0.05) is 0 Å². The lowest BCUT2D eigenvalue weighted by atomic mass is 10.0. The Hall–Kier alpha value is -1.84. The highest BCUT2D eigenvalue weighted by Gasteiger charge is 2.13. The highest BCUT2D eigenvalue weighted by molar-refractivity contribution is 6.04. The van der Waals surface area contributed by atoms with E-state index in [-0.39, 0.29) is 18.1 Å². The third kappa shape index (κ3) is 3.09. The molecule has 0 heterocycles. The van der Waals surface area contributed by atoms with Gasteiger partial charge in [0, 0.05) is 5.69 Å². The number of carbonyl (C=O) groups excluding carboxylic acids is 2. The Labute approximate surface area is 107 Å². The Balaban J connectivity index is 3.07. The monoisotopic (exact) mass is 249 g/mol. The first-order valence-electron chi connectivity index (χ1n) is 5.81. The molecule has 0 bridgehead atoms. The van der Waals surface area contributed by atoms with E-state index in [2.05, 4.69) is 5.32 Å². The summed E-state index contributed by atoms with van der Waals surface area (Å²) in [6.45, 7) is 7.17. The lowest BCUT2D eigenvalue weighted by Gasteiger charge is -2.16. The number of ketones is 1. The predicted molar refractivity (Wildman–Crippen MR) is 71.1 cm³/mol. The second-order valence-electron chi connectivity index (χ2n) is 4.45. The fraction of sp³-hybridized carbons (Fsp3) is 0.429. The summed E-state index contributed by atoms with van der Waals surface area (Å²) in [4.78, 5) is 22.5. The molecule has 0 unspecified atom stereocenters. The second-order valence-corrected chi connectivity index (χ2v) is 4.45. The van der Waals surface area contributed by atoms with Gasteiger partial charge in [-0.2, -0.15) is 0 Å². The largest absolute Gasteiger partial charge is 0.496 e. The molecule has 0 aliphatic heterocycles. The number of hydrogen-bond acceptors (Lipinski definition) is 3. The van der Waals surface area contributed by atoms with Crippen LogP contribution < -0.4 is 10.1 Å². The van der Waals surface area contributed by atoms with E-state index in [0.29, 0.717) is 0 Å². The van der Waals surface area contributed by atoms with Crippen molar-refractivity contribution in [3.8, 4) is 5.75 Å². The Morgan fingerprint density at radius 2 is 1.83 bits per heavy atom. The minimum atomic E-state index is -0.279. The van der Waals surface area contributed by atoms with Crippen molar-refractivity contribution in [3.63, 3.8) is 0 Å².